The van der Waals surface area contributed by atoms with Crippen molar-refractivity contribution in [1.29, 1.82) is 0 Å². The van der Waals surface area contributed by atoms with Crippen molar-refractivity contribution in [2.75, 3.05) is 0 Å². The van der Waals surface area contributed by atoms with E-state index in [1.807, 2.05) is 36.1 Å². The van der Waals surface area contributed by atoms with Crippen molar-refractivity contribution < 1.29 is 0 Å². The molecule has 0 fully saturated rings. The molecule has 0 amide bonds. The lowest BCUT2D eigenvalue weighted by atomic mass is 10.1. The van der Waals surface area contributed by atoms with Crippen molar-refractivity contribution in [3.63, 3.8) is 0 Å². The second-order valence-electron chi connectivity index (χ2n) is 3.68. The molecule has 1 heterocycles. The molecule has 2 nitrogen and oxygen atoms in total. The summed E-state index contributed by atoms with van der Waals surface area (Å²) in [5, 5.41) is 0.834. The summed E-state index contributed by atoms with van der Waals surface area (Å²) >= 11 is 9.55. The zero-order chi connectivity index (χ0) is 11.5. The van der Waals surface area contributed by atoms with Crippen LogP contribution in [0.15, 0.2) is 35.2 Å². The maximum absolute atomic E-state index is 6.11. The molecular weight excluding hydrogens is 288 g/mol. The van der Waals surface area contributed by atoms with Gasteiger partial charge in [0.2, 0.25) is 0 Å². The summed E-state index contributed by atoms with van der Waals surface area (Å²) in [6, 6.07) is 7.95. The first-order chi connectivity index (χ1) is 7.68. The molecule has 16 heavy (non-hydrogen) atoms. The molecule has 2 aromatic rings. The van der Waals surface area contributed by atoms with E-state index < -0.39 is 0 Å². The van der Waals surface area contributed by atoms with E-state index in [0.29, 0.717) is 0 Å². The van der Waals surface area contributed by atoms with E-state index in [-0.39, 0.29) is 0 Å². The summed E-state index contributed by atoms with van der Waals surface area (Å²) in [7, 11) is 2.00. The molecular formula is C12H12BrClN2. The Kier molecular flexibility index (Phi) is 3.66. The highest BCUT2D eigenvalue weighted by atomic mass is 79.9. The van der Waals surface area contributed by atoms with Gasteiger partial charge in [-0.05, 0) is 40.4 Å². The lowest BCUT2D eigenvalue weighted by Crippen LogP contribution is -1.99. The Labute approximate surface area is 108 Å². The number of aromatic nitrogens is 2. The fourth-order valence-corrected chi connectivity index (χ4v) is 2.46. The van der Waals surface area contributed by atoms with E-state index in [9.17, 15) is 0 Å². The molecule has 0 aliphatic heterocycles. The fourth-order valence-electron chi connectivity index (χ4n) is 1.66. The first-order valence-electron chi connectivity index (χ1n) is 5.07. The topological polar surface area (TPSA) is 17.8 Å². The van der Waals surface area contributed by atoms with Crippen LogP contribution >= 0.6 is 27.5 Å². The Morgan fingerprint density at radius 2 is 2.06 bits per heavy atom. The van der Waals surface area contributed by atoms with Crippen molar-refractivity contribution >= 4 is 27.5 Å². The molecule has 1 aromatic carbocycles. The number of hydrogen-bond acceptors (Lipinski definition) is 1. The second kappa shape index (κ2) is 5.02. The lowest BCUT2D eigenvalue weighted by molar-refractivity contribution is 0.795. The average molecular weight is 300 g/mol. The van der Waals surface area contributed by atoms with E-state index >= 15 is 0 Å². The Bertz CT molecular complexity index is 474. The molecule has 0 N–H and O–H groups in total. The van der Waals surface area contributed by atoms with Gasteiger partial charge in [0.05, 0.1) is 12.0 Å². The maximum Gasteiger partial charge on any atom is 0.127 e. The molecule has 0 aliphatic carbocycles. The predicted octanol–water partition coefficient (Wildman–Crippen LogP) is 3.62. The molecule has 1 aromatic heterocycles. The molecule has 0 saturated heterocycles. The first kappa shape index (κ1) is 11.7. The number of benzene rings is 1. The van der Waals surface area contributed by atoms with Gasteiger partial charge in [-0.25, -0.2) is 4.98 Å². The highest BCUT2D eigenvalue weighted by Gasteiger charge is 2.07. The van der Waals surface area contributed by atoms with Gasteiger partial charge in [-0.1, -0.05) is 29.8 Å². The van der Waals surface area contributed by atoms with Crippen LogP contribution in [0.5, 0.6) is 0 Å². The fraction of sp³-hybridized carbons (Fsp3) is 0.250. The maximum atomic E-state index is 6.11. The monoisotopic (exact) mass is 298 g/mol. The van der Waals surface area contributed by atoms with E-state index in [4.69, 9.17) is 11.6 Å². The number of halogens is 2. The third-order valence-electron chi connectivity index (χ3n) is 2.60. The molecule has 2 rings (SSSR count). The largest absolute Gasteiger partial charge is 0.337 e. The summed E-state index contributed by atoms with van der Waals surface area (Å²) in [4.78, 5) is 4.20. The van der Waals surface area contributed by atoms with Crippen molar-refractivity contribution in [2.45, 2.75) is 12.8 Å². The van der Waals surface area contributed by atoms with Crippen LogP contribution in [-0.4, -0.2) is 9.55 Å². The number of aryl methyl sites for hydroxylation is 2. The van der Waals surface area contributed by atoms with Gasteiger partial charge in [-0.15, -0.1) is 0 Å². The first-order valence-corrected chi connectivity index (χ1v) is 6.24. The molecule has 0 radical (unpaired) electrons. The van der Waals surface area contributed by atoms with Crippen molar-refractivity contribution in [2.24, 2.45) is 7.05 Å². The molecule has 0 unspecified atom stereocenters. The summed E-state index contributed by atoms with van der Waals surface area (Å²) in [5.41, 5.74) is 2.37. The normalized spacial score (nSPS) is 10.7. The minimum Gasteiger partial charge on any atom is -0.337 e. The minimum atomic E-state index is 0.834. The quantitative estimate of drug-likeness (QED) is 0.846. The molecule has 0 spiro atoms. The predicted molar refractivity (Wildman–Crippen MR) is 69.8 cm³/mol. The summed E-state index contributed by atoms with van der Waals surface area (Å²) < 4.78 is 2.95. The van der Waals surface area contributed by atoms with Gasteiger partial charge in [0.15, 0.2) is 0 Å². The molecule has 0 atom stereocenters. The van der Waals surface area contributed by atoms with E-state index in [0.717, 1.165) is 22.5 Å². The van der Waals surface area contributed by atoms with Gasteiger partial charge in [0.1, 0.15) is 4.60 Å². The zero-order valence-electron chi connectivity index (χ0n) is 8.95. The number of nitrogens with zero attached hydrogens (tertiary/aromatic N) is 2. The number of hydrogen-bond donors (Lipinski definition) is 0. The van der Waals surface area contributed by atoms with E-state index in [1.54, 1.807) is 0 Å². The van der Waals surface area contributed by atoms with Gasteiger partial charge < -0.3 is 4.57 Å². The Balaban J connectivity index is 2.11. The summed E-state index contributed by atoms with van der Waals surface area (Å²) in [5.74, 6) is 0. The number of imidazole rings is 1. The molecule has 84 valence electrons. The van der Waals surface area contributed by atoms with Crippen molar-refractivity contribution in [1.82, 2.24) is 9.55 Å². The zero-order valence-corrected chi connectivity index (χ0v) is 11.3. The minimum absolute atomic E-state index is 0.834. The third kappa shape index (κ3) is 2.47. The van der Waals surface area contributed by atoms with Gasteiger partial charge >= 0.3 is 0 Å². The Morgan fingerprint density at radius 3 is 2.69 bits per heavy atom. The van der Waals surface area contributed by atoms with Gasteiger partial charge in [-0.3, -0.25) is 0 Å². The molecule has 0 saturated carbocycles. The van der Waals surface area contributed by atoms with Crippen LogP contribution in [-0.2, 0) is 19.9 Å². The van der Waals surface area contributed by atoms with Crippen LogP contribution < -0.4 is 0 Å². The van der Waals surface area contributed by atoms with Crippen molar-refractivity contribution in [3.8, 4) is 0 Å². The SMILES string of the molecule is Cn1cnc(Br)c1CCc1ccccc1Cl. The third-order valence-corrected chi connectivity index (χ3v) is 3.63. The van der Waals surface area contributed by atoms with Gasteiger partial charge in [0.25, 0.3) is 0 Å². The van der Waals surface area contributed by atoms with Crippen LogP contribution in [0.3, 0.4) is 0 Å². The van der Waals surface area contributed by atoms with E-state index in [1.165, 1.54) is 11.3 Å². The average Bonchev–Trinajstić information content (AvgIpc) is 2.58. The van der Waals surface area contributed by atoms with Crippen molar-refractivity contribution in [3.05, 3.63) is 51.5 Å². The molecule has 0 bridgehead atoms. The van der Waals surface area contributed by atoms with Crippen LogP contribution in [0.1, 0.15) is 11.3 Å². The number of rotatable bonds is 3. The Hall–Kier alpha value is -0.800. The van der Waals surface area contributed by atoms with Gasteiger partial charge in [-0.2, -0.15) is 0 Å². The molecule has 4 heteroatoms. The second-order valence-corrected chi connectivity index (χ2v) is 4.84. The van der Waals surface area contributed by atoms with Crippen LogP contribution in [0, 0.1) is 0 Å². The van der Waals surface area contributed by atoms with Crippen LogP contribution in [0.2, 0.25) is 5.02 Å². The smallest absolute Gasteiger partial charge is 0.127 e. The van der Waals surface area contributed by atoms with Gasteiger partial charge in [0, 0.05) is 12.1 Å². The lowest BCUT2D eigenvalue weighted by Gasteiger charge is -2.05. The molecule has 0 aliphatic rings. The van der Waals surface area contributed by atoms with E-state index in [2.05, 4.69) is 27.0 Å². The Morgan fingerprint density at radius 1 is 1.31 bits per heavy atom. The standard InChI is InChI=1S/C12H12BrClN2/c1-16-8-15-12(13)11(16)7-6-9-4-2-3-5-10(9)14/h2-5,8H,6-7H2,1H3. The summed E-state index contributed by atoms with van der Waals surface area (Å²) in [6.45, 7) is 0. The van der Waals surface area contributed by atoms with Crippen LogP contribution in [0.25, 0.3) is 0 Å². The van der Waals surface area contributed by atoms with Crippen LogP contribution in [0.4, 0.5) is 0 Å². The highest BCUT2D eigenvalue weighted by Crippen LogP contribution is 2.20. The summed E-state index contributed by atoms with van der Waals surface area (Å²) in [6.07, 6.45) is 3.67. The highest BCUT2D eigenvalue weighted by molar-refractivity contribution is 9.10.